The van der Waals surface area contributed by atoms with E-state index in [9.17, 15) is 0 Å². The van der Waals surface area contributed by atoms with Crippen LogP contribution in [0.2, 0.25) is 0 Å². The molecule has 0 atom stereocenters. The van der Waals surface area contributed by atoms with Gasteiger partial charge in [0.1, 0.15) is 0 Å². The molecule has 0 spiro atoms. The monoisotopic (exact) mass is 270 g/mol. The average molecular weight is 270 g/mol. The van der Waals surface area contributed by atoms with E-state index < -0.39 is 0 Å². The first-order valence-electron chi connectivity index (χ1n) is 8.00. The van der Waals surface area contributed by atoms with E-state index in [1.54, 1.807) is 0 Å². The van der Waals surface area contributed by atoms with Crippen molar-refractivity contribution in [2.45, 2.75) is 76.9 Å². The summed E-state index contributed by atoms with van der Waals surface area (Å²) in [5.74, 6) is 0. The van der Waals surface area contributed by atoms with Gasteiger partial charge >= 0.3 is 0 Å². The van der Waals surface area contributed by atoms with Gasteiger partial charge in [-0.05, 0) is 46.1 Å². The Kier molecular flexibility index (Phi) is 6.78. The van der Waals surface area contributed by atoms with Gasteiger partial charge in [0.25, 0.3) is 0 Å². The van der Waals surface area contributed by atoms with Crippen molar-refractivity contribution in [2.24, 2.45) is 5.73 Å². The Bertz CT molecular complexity index is 247. The van der Waals surface area contributed by atoms with E-state index in [1.165, 1.54) is 38.5 Å². The maximum absolute atomic E-state index is 6.17. The maximum Gasteiger partial charge on any atom is 0.0634 e. The predicted octanol–water partition coefficient (Wildman–Crippen LogP) is 3.18. The molecular formula is C16H34N2O. The van der Waals surface area contributed by atoms with E-state index in [2.05, 4.69) is 25.7 Å². The molecule has 0 unspecified atom stereocenters. The van der Waals surface area contributed by atoms with Gasteiger partial charge in [-0.15, -0.1) is 0 Å². The molecule has 114 valence electrons. The summed E-state index contributed by atoms with van der Waals surface area (Å²) in [6, 6.07) is 0. The highest BCUT2D eigenvalue weighted by atomic mass is 16.5. The van der Waals surface area contributed by atoms with Crippen molar-refractivity contribution < 1.29 is 4.74 Å². The molecule has 1 saturated carbocycles. The minimum atomic E-state index is -0.0313. The van der Waals surface area contributed by atoms with Crippen molar-refractivity contribution in [3.05, 3.63) is 0 Å². The van der Waals surface area contributed by atoms with Gasteiger partial charge in [-0.3, -0.25) is 4.90 Å². The summed E-state index contributed by atoms with van der Waals surface area (Å²) in [6.07, 6.45) is 8.88. The molecule has 1 fully saturated rings. The lowest BCUT2D eigenvalue weighted by Crippen LogP contribution is -2.56. The summed E-state index contributed by atoms with van der Waals surface area (Å²) < 4.78 is 5.56. The zero-order valence-electron chi connectivity index (χ0n) is 13.5. The molecule has 1 rings (SSSR count). The van der Waals surface area contributed by atoms with Crippen LogP contribution in [0.3, 0.4) is 0 Å². The molecule has 0 amide bonds. The lowest BCUT2D eigenvalue weighted by atomic mass is 9.79. The molecule has 0 bridgehead atoms. The zero-order valence-corrected chi connectivity index (χ0v) is 13.5. The maximum atomic E-state index is 6.17. The first kappa shape index (κ1) is 16.9. The highest BCUT2D eigenvalue weighted by molar-refractivity contribution is 4.94. The van der Waals surface area contributed by atoms with Gasteiger partial charge in [-0.2, -0.15) is 0 Å². The first-order chi connectivity index (χ1) is 8.99. The Morgan fingerprint density at radius 1 is 1.16 bits per heavy atom. The Morgan fingerprint density at radius 3 is 2.26 bits per heavy atom. The standard InChI is InChI=1S/C16H34N2O/c1-5-12-18(13-11-15(2,3)19-4)16(14-17)9-7-6-8-10-16/h5-14,17H2,1-4H3. The van der Waals surface area contributed by atoms with Gasteiger partial charge in [-0.1, -0.05) is 26.2 Å². The van der Waals surface area contributed by atoms with Crippen LogP contribution in [0.1, 0.15) is 65.7 Å². The van der Waals surface area contributed by atoms with Gasteiger partial charge in [0.2, 0.25) is 0 Å². The van der Waals surface area contributed by atoms with Crippen LogP contribution in [0.4, 0.5) is 0 Å². The molecule has 19 heavy (non-hydrogen) atoms. The van der Waals surface area contributed by atoms with Gasteiger partial charge in [0.15, 0.2) is 0 Å². The summed E-state index contributed by atoms with van der Waals surface area (Å²) in [6.45, 7) is 9.69. The molecule has 0 aromatic heterocycles. The van der Waals surface area contributed by atoms with Crippen LogP contribution in [0.5, 0.6) is 0 Å². The number of nitrogens with two attached hydrogens (primary N) is 1. The molecule has 0 heterocycles. The van der Waals surface area contributed by atoms with E-state index in [0.29, 0.717) is 0 Å². The normalized spacial score (nSPS) is 19.9. The molecule has 0 aromatic rings. The smallest absolute Gasteiger partial charge is 0.0634 e. The summed E-state index contributed by atoms with van der Waals surface area (Å²) in [5, 5.41) is 0. The summed E-state index contributed by atoms with van der Waals surface area (Å²) in [7, 11) is 1.81. The molecule has 0 aromatic carbocycles. The van der Waals surface area contributed by atoms with Gasteiger partial charge < -0.3 is 10.5 Å². The van der Waals surface area contributed by atoms with Crippen molar-refractivity contribution in [3.8, 4) is 0 Å². The van der Waals surface area contributed by atoms with Crippen molar-refractivity contribution >= 4 is 0 Å². The lowest BCUT2D eigenvalue weighted by molar-refractivity contribution is -0.0126. The Balaban J connectivity index is 2.68. The van der Waals surface area contributed by atoms with Crippen LogP contribution in [-0.2, 0) is 4.74 Å². The molecule has 3 nitrogen and oxygen atoms in total. The summed E-state index contributed by atoms with van der Waals surface area (Å²) >= 11 is 0. The van der Waals surface area contributed by atoms with Crippen LogP contribution >= 0.6 is 0 Å². The van der Waals surface area contributed by atoms with Crippen LogP contribution in [0.15, 0.2) is 0 Å². The summed E-state index contributed by atoms with van der Waals surface area (Å²) in [4.78, 5) is 2.66. The second-order valence-corrected chi connectivity index (χ2v) is 6.69. The number of methoxy groups -OCH3 is 1. The minimum Gasteiger partial charge on any atom is -0.379 e. The van der Waals surface area contributed by atoms with E-state index >= 15 is 0 Å². The molecule has 2 N–H and O–H groups in total. The molecule has 1 aliphatic rings. The minimum absolute atomic E-state index is 0.0313. The number of ether oxygens (including phenoxy) is 1. The largest absolute Gasteiger partial charge is 0.379 e. The molecule has 1 aliphatic carbocycles. The molecule has 3 heteroatoms. The van der Waals surface area contributed by atoms with E-state index in [-0.39, 0.29) is 11.1 Å². The quantitative estimate of drug-likeness (QED) is 0.736. The Morgan fingerprint density at radius 2 is 1.79 bits per heavy atom. The van der Waals surface area contributed by atoms with Crippen LogP contribution in [0, 0.1) is 0 Å². The van der Waals surface area contributed by atoms with Crippen molar-refractivity contribution in [1.82, 2.24) is 4.90 Å². The molecule has 0 radical (unpaired) electrons. The third kappa shape index (κ3) is 4.73. The van der Waals surface area contributed by atoms with E-state index in [4.69, 9.17) is 10.5 Å². The Labute approximate surface area is 119 Å². The predicted molar refractivity (Wildman–Crippen MR) is 82.4 cm³/mol. The number of hydrogen-bond donors (Lipinski definition) is 1. The second-order valence-electron chi connectivity index (χ2n) is 6.69. The number of nitrogens with zero attached hydrogens (tertiary/aromatic N) is 1. The number of rotatable bonds is 8. The second kappa shape index (κ2) is 7.61. The van der Waals surface area contributed by atoms with Gasteiger partial charge in [0.05, 0.1) is 5.60 Å². The van der Waals surface area contributed by atoms with Crippen LogP contribution < -0.4 is 5.73 Å². The molecule has 0 aliphatic heterocycles. The Hall–Kier alpha value is -0.120. The van der Waals surface area contributed by atoms with Crippen LogP contribution in [0.25, 0.3) is 0 Å². The number of hydrogen-bond acceptors (Lipinski definition) is 3. The van der Waals surface area contributed by atoms with Gasteiger partial charge in [0, 0.05) is 25.7 Å². The van der Waals surface area contributed by atoms with Crippen LogP contribution in [-0.4, -0.2) is 42.8 Å². The average Bonchev–Trinajstić information content (AvgIpc) is 2.44. The van der Waals surface area contributed by atoms with Crippen molar-refractivity contribution in [3.63, 3.8) is 0 Å². The zero-order chi connectivity index (χ0) is 14.4. The highest BCUT2D eigenvalue weighted by Crippen LogP contribution is 2.33. The topological polar surface area (TPSA) is 38.5 Å². The molecular weight excluding hydrogens is 236 g/mol. The SMILES string of the molecule is CCCN(CCC(C)(C)OC)C1(CN)CCCCC1. The summed E-state index contributed by atoms with van der Waals surface area (Å²) in [5.41, 5.74) is 6.40. The molecule has 0 saturated heterocycles. The van der Waals surface area contributed by atoms with E-state index in [1.807, 2.05) is 7.11 Å². The fourth-order valence-corrected chi connectivity index (χ4v) is 3.22. The van der Waals surface area contributed by atoms with E-state index in [0.717, 1.165) is 26.1 Å². The highest BCUT2D eigenvalue weighted by Gasteiger charge is 2.36. The third-order valence-corrected chi connectivity index (χ3v) is 4.86. The lowest BCUT2D eigenvalue weighted by Gasteiger charge is -2.47. The van der Waals surface area contributed by atoms with Crippen molar-refractivity contribution in [1.29, 1.82) is 0 Å². The first-order valence-corrected chi connectivity index (χ1v) is 8.00. The third-order valence-electron chi connectivity index (χ3n) is 4.86. The fourth-order valence-electron chi connectivity index (χ4n) is 3.22. The fraction of sp³-hybridized carbons (Fsp3) is 1.00. The van der Waals surface area contributed by atoms with Gasteiger partial charge in [-0.25, -0.2) is 0 Å². The van der Waals surface area contributed by atoms with Crippen molar-refractivity contribution in [2.75, 3.05) is 26.7 Å².